The van der Waals surface area contributed by atoms with Gasteiger partial charge in [-0.05, 0) is 91.6 Å². The highest BCUT2D eigenvalue weighted by atomic mass is 35.5. The van der Waals surface area contributed by atoms with Crippen molar-refractivity contribution in [2.75, 3.05) is 36.7 Å². The molecule has 1 unspecified atom stereocenters. The molecule has 1 aromatic heterocycles. The number of nitrogens with zero attached hydrogens (tertiary/aromatic N) is 3. The van der Waals surface area contributed by atoms with E-state index in [9.17, 15) is 18.0 Å². The Morgan fingerprint density at radius 2 is 1.83 bits per heavy atom. The first-order valence-electron chi connectivity index (χ1n) is 16.5. The molecule has 2 aliphatic rings. The van der Waals surface area contributed by atoms with Gasteiger partial charge in [0.25, 0.3) is 5.91 Å². The number of hydrogen-bond donors (Lipinski definition) is 1. The number of halogens is 2. The molecule has 1 aliphatic carbocycles. The molecule has 6 rings (SSSR count). The van der Waals surface area contributed by atoms with Crippen molar-refractivity contribution in [1.82, 2.24) is 15.1 Å². The first-order chi connectivity index (χ1) is 24.8. The minimum absolute atomic E-state index is 0.00313. The van der Waals surface area contributed by atoms with Crippen LogP contribution in [0.5, 0.6) is 5.75 Å². The number of fused-ring (bicyclic) bond motifs is 3. The average Bonchev–Trinajstić information content (AvgIpc) is 3.75. The van der Waals surface area contributed by atoms with Crippen LogP contribution in [0.25, 0.3) is 11.1 Å². The van der Waals surface area contributed by atoms with Crippen molar-refractivity contribution in [2.45, 2.75) is 45.2 Å². The summed E-state index contributed by atoms with van der Waals surface area (Å²) in [6.45, 7) is 4.91. The lowest BCUT2D eigenvalue weighted by molar-refractivity contribution is -0.191. The van der Waals surface area contributed by atoms with Gasteiger partial charge in [-0.15, -0.1) is 0 Å². The molecule has 15 heteroatoms. The number of sulfone groups is 1. The van der Waals surface area contributed by atoms with Crippen LogP contribution in [0.3, 0.4) is 0 Å². The predicted molar refractivity (Wildman–Crippen MR) is 196 cm³/mol. The van der Waals surface area contributed by atoms with E-state index in [4.69, 9.17) is 42.3 Å². The molecule has 0 bridgehead atoms. The summed E-state index contributed by atoms with van der Waals surface area (Å²) in [7, 11) is -3.12. The second kappa shape index (κ2) is 16.8. The van der Waals surface area contributed by atoms with Gasteiger partial charge in [-0.1, -0.05) is 41.4 Å². The van der Waals surface area contributed by atoms with Crippen LogP contribution in [0.15, 0.2) is 67.0 Å². The summed E-state index contributed by atoms with van der Waals surface area (Å²) in [5, 5.41) is 8.58. The van der Waals surface area contributed by atoms with E-state index in [1.165, 1.54) is 6.26 Å². The lowest BCUT2D eigenvalue weighted by Gasteiger charge is -2.29. The van der Waals surface area contributed by atoms with Crippen LogP contribution in [0.1, 0.15) is 52.7 Å². The molecule has 274 valence electrons. The van der Waals surface area contributed by atoms with Crippen molar-refractivity contribution >= 4 is 56.9 Å². The van der Waals surface area contributed by atoms with Gasteiger partial charge in [0.15, 0.2) is 0 Å². The van der Waals surface area contributed by atoms with E-state index in [1.807, 2.05) is 37.4 Å². The monoisotopic (exact) mass is 768 g/mol. The highest BCUT2D eigenvalue weighted by Crippen LogP contribution is 2.57. The molecule has 2 amide bonds. The van der Waals surface area contributed by atoms with Gasteiger partial charge in [-0.2, -0.15) is 14.7 Å². The largest absolute Gasteiger partial charge is 0.490 e. The molecule has 3 aromatic carbocycles. The second-order valence-electron chi connectivity index (χ2n) is 12.9. The summed E-state index contributed by atoms with van der Waals surface area (Å²) >= 11 is 12.7. The normalized spacial score (nSPS) is 16.3. The van der Waals surface area contributed by atoms with E-state index >= 15 is 0 Å². The minimum atomic E-state index is -3.12. The molecule has 1 aliphatic heterocycles. The SMILES string of the molecule is Cc1c(Cl)cccc1OCCOC(=O)N1C[C@@H]2C[C@@H]2c2c(-c3cnn(Cc4cc(C(=O)NC(C)CCS(C)(=O)=O)ccc4Cl)c3)cccc21.O=C=O. The lowest BCUT2D eigenvalue weighted by Crippen LogP contribution is -2.37. The Balaban J connectivity index is 0.00000168. The fourth-order valence-corrected chi connectivity index (χ4v) is 7.34. The van der Waals surface area contributed by atoms with Gasteiger partial charge in [-0.25, -0.2) is 13.2 Å². The summed E-state index contributed by atoms with van der Waals surface area (Å²) in [4.78, 5) is 44.2. The first-order valence-corrected chi connectivity index (χ1v) is 19.4. The van der Waals surface area contributed by atoms with Gasteiger partial charge in [0.1, 0.15) is 28.8 Å². The van der Waals surface area contributed by atoms with E-state index in [0.29, 0.717) is 58.3 Å². The highest BCUT2D eigenvalue weighted by Gasteiger charge is 2.48. The number of benzene rings is 3. The van der Waals surface area contributed by atoms with Gasteiger partial charge in [0, 0.05) is 51.8 Å². The fraction of sp³-hybridized carbons (Fsp3) is 0.351. The number of anilines is 1. The van der Waals surface area contributed by atoms with Crippen molar-refractivity contribution in [3.63, 3.8) is 0 Å². The molecule has 52 heavy (non-hydrogen) atoms. The lowest BCUT2D eigenvalue weighted by atomic mass is 9.93. The Morgan fingerprint density at radius 3 is 2.58 bits per heavy atom. The average molecular weight is 770 g/mol. The molecule has 1 N–H and O–H groups in total. The van der Waals surface area contributed by atoms with E-state index in [-0.39, 0.29) is 37.1 Å². The Bertz CT molecular complexity index is 2100. The molecule has 4 aromatic rings. The molecule has 3 atom stereocenters. The number of amides is 2. The van der Waals surface area contributed by atoms with Gasteiger partial charge in [0.2, 0.25) is 0 Å². The predicted octanol–water partition coefficient (Wildman–Crippen LogP) is 6.32. The van der Waals surface area contributed by atoms with Gasteiger partial charge in [0.05, 0.1) is 24.2 Å². The molecule has 1 fully saturated rings. The van der Waals surface area contributed by atoms with Crippen LogP contribution >= 0.6 is 23.2 Å². The van der Waals surface area contributed by atoms with Gasteiger partial charge in [-0.3, -0.25) is 14.4 Å². The smallest absolute Gasteiger partial charge is 0.414 e. The molecule has 0 spiro atoms. The number of rotatable bonds is 12. The van der Waals surface area contributed by atoms with Crippen LogP contribution < -0.4 is 15.0 Å². The number of nitrogens with one attached hydrogen (secondary N) is 1. The van der Waals surface area contributed by atoms with Crippen molar-refractivity contribution < 1.29 is 37.1 Å². The topological polar surface area (TPSA) is 154 Å². The van der Waals surface area contributed by atoms with Crippen molar-refractivity contribution in [3.05, 3.63) is 99.3 Å². The summed E-state index contributed by atoms with van der Waals surface area (Å²) < 4.78 is 36.2. The van der Waals surface area contributed by atoms with E-state index < -0.39 is 15.9 Å². The zero-order valence-electron chi connectivity index (χ0n) is 28.8. The number of ether oxygens (including phenoxy) is 2. The van der Waals surface area contributed by atoms with Crippen molar-refractivity contribution in [1.29, 1.82) is 0 Å². The number of carbonyl (C=O) groups excluding carboxylic acids is 4. The van der Waals surface area contributed by atoms with Crippen LogP contribution in [0, 0.1) is 12.8 Å². The third kappa shape index (κ3) is 9.60. The summed E-state index contributed by atoms with van der Waals surface area (Å²) in [6.07, 6.45) is 6.08. The Kier molecular flexibility index (Phi) is 12.4. The second-order valence-corrected chi connectivity index (χ2v) is 16.0. The molecular weight excluding hydrogens is 731 g/mol. The maximum atomic E-state index is 13.3. The number of hydrogen-bond acceptors (Lipinski definition) is 9. The van der Waals surface area contributed by atoms with Crippen LogP contribution in [-0.2, 0) is 30.7 Å². The minimum Gasteiger partial charge on any atom is -0.490 e. The highest BCUT2D eigenvalue weighted by molar-refractivity contribution is 7.90. The molecule has 0 radical (unpaired) electrons. The molecule has 1 saturated carbocycles. The van der Waals surface area contributed by atoms with Gasteiger partial charge < -0.3 is 14.8 Å². The summed E-state index contributed by atoms with van der Waals surface area (Å²) in [5.74, 6) is 1.07. The molecule has 12 nitrogen and oxygen atoms in total. The Labute approximate surface area is 311 Å². The van der Waals surface area contributed by atoms with E-state index in [0.717, 1.165) is 34.4 Å². The van der Waals surface area contributed by atoms with Gasteiger partial charge >= 0.3 is 12.2 Å². The third-order valence-electron chi connectivity index (χ3n) is 8.97. The summed E-state index contributed by atoms with van der Waals surface area (Å²) in [6, 6.07) is 16.1. The fourth-order valence-electron chi connectivity index (χ4n) is 6.21. The van der Waals surface area contributed by atoms with E-state index in [2.05, 4.69) is 16.5 Å². The standard InChI is InChI=1S/C36H38Cl2N4O6S.CO2/c1-22(12-15-49(3,45)46)40-35(43)24-10-11-31(38)26(16-24)19-41-20-27(18-39-41)28-6-4-8-32-34(28)29-17-25(29)21-42(32)36(44)48-14-13-47-33-9-5-7-30(37)23(33)2;2-1-3/h4-11,16,18,20,22,25,29H,12-15,17,19,21H2,1-3H3,(H,40,43);/t22?,25-,29-;/m0./s1. The van der Waals surface area contributed by atoms with Crippen molar-refractivity contribution in [3.8, 4) is 16.9 Å². The maximum absolute atomic E-state index is 13.3. The first kappa shape index (κ1) is 38.5. The van der Waals surface area contributed by atoms with Crippen LogP contribution in [0.2, 0.25) is 10.0 Å². The number of carbonyl (C=O) groups is 2. The van der Waals surface area contributed by atoms with E-state index in [1.54, 1.807) is 47.0 Å². The zero-order chi connectivity index (χ0) is 37.6. The Hall–Kier alpha value is -4.68. The van der Waals surface area contributed by atoms with Crippen LogP contribution in [-0.4, -0.2) is 74.2 Å². The molecule has 2 heterocycles. The zero-order valence-corrected chi connectivity index (χ0v) is 31.1. The molecule has 0 saturated heterocycles. The maximum Gasteiger partial charge on any atom is 0.414 e. The quantitative estimate of drug-likeness (QED) is 0.163. The van der Waals surface area contributed by atoms with Crippen LogP contribution in [0.4, 0.5) is 10.5 Å². The molecular formula is C37H38Cl2N4O8S. The Morgan fingerprint density at radius 1 is 1.08 bits per heavy atom. The third-order valence-corrected chi connectivity index (χ3v) is 10.7. The summed E-state index contributed by atoms with van der Waals surface area (Å²) in [5.41, 5.74) is 5.85. The van der Waals surface area contributed by atoms with Crippen molar-refractivity contribution in [2.24, 2.45) is 5.92 Å². The number of aromatic nitrogens is 2.